The first-order chi connectivity index (χ1) is 8.89. The molecule has 1 spiro atoms. The predicted molar refractivity (Wildman–Crippen MR) is 73.5 cm³/mol. The van der Waals surface area contributed by atoms with Crippen LogP contribution in [-0.2, 0) is 4.74 Å². The van der Waals surface area contributed by atoms with Crippen LogP contribution in [0.2, 0.25) is 0 Å². The molecule has 1 heterocycles. The Morgan fingerprint density at radius 2 is 1.50 bits per heavy atom. The van der Waals surface area contributed by atoms with E-state index in [2.05, 4.69) is 0 Å². The van der Waals surface area contributed by atoms with Crippen LogP contribution in [-0.4, -0.2) is 11.7 Å². The molecule has 3 aliphatic carbocycles. The third-order valence-corrected chi connectivity index (χ3v) is 6.04. The van der Waals surface area contributed by atoms with E-state index >= 15 is 0 Å². The van der Waals surface area contributed by atoms with Gasteiger partial charge in [-0.05, 0) is 56.9 Å². The van der Waals surface area contributed by atoms with Crippen LogP contribution in [0.4, 0.5) is 0 Å². The van der Waals surface area contributed by atoms with Gasteiger partial charge in [-0.15, -0.1) is 0 Å². The maximum Gasteiger partial charge on any atom is 0.0795 e. The Bertz CT molecular complexity index is 362. The molecule has 0 unspecified atom stereocenters. The quantitative estimate of drug-likeness (QED) is 0.560. The Balaban J connectivity index is 1.75. The second-order valence-corrected chi connectivity index (χ2v) is 6.97. The molecule has 1 nitrogen and oxygen atoms in total. The first kappa shape index (κ1) is 11.5. The van der Waals surface area contributed by atoms with Crippen LogP contribution in [0.25, 0.3) is 0 Å². The molecule has 0 aromatic carbocycles. The highest BCUT2D eigenvalue weighted by Gasteiger charge is 2.50. The SMILES string of the molecule is C1CC[C@@H]2OC3(CCCC3)[C@H]3CCCCC3=C2C1. The molecule has 0 amide bonds. The Morgan fingerprint density at radius 1 is 0.778 bits per heavy atom. The minimum atomic E-state index is 0.293. The zero-order chi connectivity index (χ0) is 12.0. The van der Waals surface area contributed by atoms with Gasteiger partial charge in [-0.2, -0.15) is 0 Å². The lowest BCUT2D eigenvalue weighted by atomic mass is 9.67. The monoisotopic (exact) mass is 246 g/mol. The molecule has 1 aliphatic heterocycles. The van der Waals surface area contributed by atoms with Gasteiger partial charge in [0.05, 0.1) is 11.7 Å². The summed E-state index contributed by atoms with van der Waals surface area (Å²) in [6.07, 6.45) is 17.2. The van der Waals surface area contributed by atoms with Gasteiger partial charge >= 0.3 is 0 Å². The molecule has 0 bridgehead atoms. The maximum absolute atomic E-state index is 6.75. The molecule has 3 fully saturated rings. The number of hydrogen-bond acceptors (Lipinski definition) is 1. The van der Waals surface area contributed by atoms with Crippen LogP contribution < -0.4 is 0 Å². The summed E-state index contributed by atoms with van der Waals surface area (Å²) in [4.78, 5) is 0. The van der Waals surface area contributed by atoms with Gasteiger partial charge < -0.3 is 4.74 Å². The summed E-state index contributed by atoms with van der Waals surface area (Å²) >= 11 is 0. The van der Waals surface area contributed by atoms with Gasteiger partial charge in [0.1, 0.15) is 0 Å². The molecule has 0 aromatic heterocycles. The lowest BCUT2D eigenvalue weighted by Gasteiger charge is -2.50. The second-order valence-electron chi connectivity index (χ2n) is 6.97. The smallest absolute Gasteiger partial charge is 0.0795 e. The summed E-state index contributed by atoms with van der Waals surface area (Å²) in [6.45, 7) is 0. The van der Waals surface area contributed by atoms with Crippen molar-refractivity contribution in [1.29, 1.82) is 0 Å². The molecule has 0 radical (unpaired) electrons. The lowest BCUT2D eigenvalue weighted by molar-refractivity contribution is -0.128. The Kier molecular flexibility index (Phi) is 2.80. The Labute approximate surface area is 111 Å². The summed E-state index contributed by atoms with van der Waals surface area (Å²) in [7, 11) is 0. The molecular formula is C17H26O. The molecule has 2 atom stereocenters. The van der Waals surface area contributed by atoms with Crippen molar-refractivity contribution in [2.45, 2.75) is 88.8 Å². The van der Waals surface area contributed by atoms with Gasteiger partial charge in [0.15, 0.2) is 0 Å². The Hall–Kier alpha value is -0.300. The molecule has 0 N–H and O–H groups in total. The molecule has 4 aliphatic rings. The average molecular weight is 246 g/mol. The van der Waals surface area contributed by atoms with Gasteiger partial charge in [-0.1, -0.05) is 31.3 Å². The fourth-order valence-electron chi connectivity index (χ4n) is 5.26. The van der Waals surface area contributed by atoms with E-state index in [1.165, 1.54) is 77.0 Å². The van der Waals surface area contributed by atoms with Crippen LogP contribution in [0.3, 0.4) is 0 Å². The summed E-state index contributed by atoms with van der Waals surface area (Å²) in [6, 6.07) is 0. The van der Waals surface area contributed by atoms with Crippen molar-refractivity contribution >= 4 is 0 Å². The van der Waals surface area contributed by atoms with Gasteiger partial charge in [0.2, 0.25) is 0 Å². The molecule has 0 saturated heterocycles. The van der Waals surface area contributed by atoms with Gasteiger partial charge in [-0.25, -0.2) is 0 Å². The topological polar surface area (TPSA) is 9.23 Å². The molecular weight excluding hydrogens is 220 g/mol. The minimum absolute atomic E-state index is 0.293. The largest absolute Gasteiger partial charge is 0.367 e. The predicted octanol–water partition coefficient (Wildman–Crippen LogP) is 4.76. The number of fused-ring (bicyclic) bond motifs is 3. The van der Waals surface area contributed by atoms with Crippen molar-refractivity contribution in [3.8, 4) is 0 Å². The van der Waals surface area contributed by atoms with Gasteiger partial charge in [0.25, 0.3) is 0 Å². The van der Waals surface area contributed by atoms with Crippen molar-refractivity contribution in [2.75, 3.05) is 0 Å². The number of rotatable bonds is 0. The fourth-order valence-corrected chi connectivity index (χ4v) is 5.26. The summed E-state index contributed by atoms with van der Waals surface area (Å²) < 4.78 is 6.75. The lowest BCUT2D eigenvalue weighted by Crippen LogP contribution is -2.48. The number of hydrogen-bond donors (Lipinski definition) is 0. The third kappa shape index (κ3) is 1.62. The van der Waals surface area contributed by atoms with Crippen molar-refractivity contribution in [3.05, 3.63) is 11.1 Å². The van der Waals surface area contributed by atoms with E-state index in [4.69, 9.17) is 4.74 Å². The first-order valence-corrected chi connectivity index (χ1v) is 8.29. The molecule has 3 saturated carbocycles. The summed E-state index contributed by atoms with van der Waals surface area (Å²) in [5.41, 5.74) is 3.95. The van der Waals surface area contributed by atoms with E-state index in [-0.39, 0.29) is 0 Å². The van der Waals surface area contributed by atoms with Crippen molar-refractivity contribution in [2.24, 2.45) is 5.92 Å². The minimum Gasteiger partial charge on any atom is -0.367 e. The molecule has 0 aromatic rings. The zero-order valence-electron chi connectivity index (χ0n) is 11.5. The normalized spacial score (nSPS) is 38.7. The van der Waals surface area contributed by atoms with Crippen molar-refractivity contribution in [1.82, 2.24) is 0 Å². The van der Waals surface area contributed by atoms with Crippen LogP contribution >= 0.6 is 0 Å². The number of ether oxygens (including phenoxy) is 1. The van der Waals surface area contributed by atoms with E-state index in [0.29, 0.717) is 11.7 Å². The van der Waals surface area contributed by atoms with Crippen LogP contribution in [0, 0.1) is 5.92 Å². The van der Waals surface area contributed by atoms with E-state index in [9.17, 15) is 0 Å². The maximum atomic E-state index is 6.75. The van der Waals surface area contributed by atoms with E-state index in [1.807, 2.05) is 5.57 Å². The van der Waals surface area contributed by atoms with E-state index in [0.717, 1.165) is 5.92 Å². The molecule has 18 heavy (non-hydrogen) atoms. The molecule has 4 rings (SSSR count). The Morgan fingerprint density at radius 3 is 2.33 bits per heavy atom. The van der Waals surface area contributed by atoms with Crippen LogP contribution in [0.15, 0.2) is 11.1 Å². The standard InChI is InChI=1S/C17H26O/c1-3-9-15-13(7-1)14-8-2-4-10-16(14)18-17(15)11-5-6-12-17/h15-16H,1-12H2/t15-,16-/m0/s1. The van der Waals surface area contributed by atoms with E-state index < -0.39 is 0 Å². The summed E-state index contributed by atoms with van der Waals surface area (Å²) in [5.74, 6) is 0.818. The molecule has 1 heteroatoms. The van der Waals surface area contributed by atoms with E-state index in [1.54, 1.807) is 5.57 Å². The highest BCUT2D eigenvalue weighted by Crippen LogP contribution is 2.54. The highest BCUT2D eigenvalue weighted by atomic mass is 16.5. The third-order valence-electron chi connectivity index (χ3n) is 6.04. The first-order valence-electron chi connectivity index (χ1n) is 8.29. The van der Waals surface area contributed by atoms with Gasteiger partial charge in [0, 0.05) is 5.92 Å². The van der Waals surface area contributed by atoms with Crippen molar-refractivity contribution in [3.63, 3.8) is 0 Å². The molecule has 100 valence electrons. The average Bonchev–Trinajstić information content (AvgIpc) is 2.89. The van der Waals surface area contributed by atoms with Crippen LogP contribution in [0.5, 0.6) is 0 Å². The second kappa shape index (κ2) is 4.37. The van der Waals surface area contributed by atoms with Crippen LogP contribution in [0.1, 0.15) is 77.0 Å². The van der Waals surface area contributed by atoms with Gasteiger partial charge in [-0.3, -0.25) is 0 Å². The summed E-state index contributed by atoms with van der Waals surface area (Å²) in [5, 5.41) is 0. The van der Waals surface area contributed by atoms with Crippen molar-refractivity contribution < 1.29 is 4.74 Å². The highest BCUT2D eigenvalue weighted by molar-refractivity contribution is 5.30. The zero-order valence-corrected chi connectivity index (χ0v) is 11.5. The fraction of sp³-hybridized carbons (Fsp3) is 0.882.